The highest BCUT2D eigenvalue weighted by molar-refractivity contribution is 5.97. The summed E-state index contributed by atoms with van der Waals surface area (Å²) in [5, 5.41) is 8.97. The van der Waals surface area contributed by atoms with Crippen LogP contribution >= 0.6 is 0 Å². The predicted molar refractivity (Wildman–Crippen MR) is 63.5 cm³/mol. The van der Waals surface area contributed by atoms with E-state index in [0.29, 0.717) is 5.56 Å². The van der Waals surface area contributed by atoms with Crippen molar-refractivity contribution in [1.82, 2.24) is 4.73 Å². The molecule has 18 heavy (non-hydrogen) atoms. The summed E-state index contributed by atoms with van der Waals surface area (Å²) in [6, 6.07) is 7.93. The summed E-state index contributed by atoms with van der Waals surface area (Å²) in [4.78, 5) is 27.9. The largest absolute Gasteiger partial charge is 0.478 e. The molecule has 0 saturated heterocycles. The van der Waals surface area contributed by atoms with Crippen LogP contribution in [0, 0.1) is 6.92 Å². The van der Waals surface area contributed by atoms with Crippen LogP contribution in [0.25, 0.3) is 0 Å². The molecule has 5 nitrogen and oxygen atoms in total. The lowest BCUT2D eigenvalue weighted by Gasteiger charge is -2.08. The molecule has 0 spiro atoms. The molecule has 2 aromatic rings. The van der Waals surface area contributed by atoms with Crippen LogP contribution in [0.1, 0.15) is 26.3 Å². The Bertz CT molecular complexity index is 587. The molecule has 1 aromatic heterocycles. The zero-order chi connectivity index (χ0) is 13.1. The highest BCUT2D eigenvalue weighted by Gasteiger charge is 2.16. The Morgan fingerprint density at radius 2 is 1.72 bits per heavy atom. The summed E-state index contributed by atoms with van der Waals surface area (Å²) in [6.45, 7) is 1.58. The lowest BCUT2D eigenvalue weighted by Crippen LogP contribution is -2.20. The lowest BCUT2D eigenvalue weighted by atomic mass is 10.0. The number of carboxylic acid groups (broad SMARTS) is 1. The molecule has 0 unspecified atom stereocenters. The molecule has 2 rings (SSSR count). The molecule has 0 aliphatic rings. The van der Waals surface area contributed by atoms with Crippen molar-refractivity contribution in [2.24, 2.45) is 0 Å². The number of hydrogen-bond donors (Lipinski definition) is 1. The first-order valence-electron chi connectivity index (χ1n) is 5.28. The minimum absolute atomic E-state index is 0.0944. The van der Waals surface area contributed by atoms with Crippen LogP contribution in [0.15, 0.2) is 42.7 Å². The van der Waals surface area contributed by atoms with Crippen LogP contribution in [0.5, 0.6) is 0 Å². The van der Waals surface area contributed by atoms with E-state index >= 15 is 0 Å². The first-order chi connectivity index (χ1) is 8.59. The van der Waals surface area contributed by atoms with Crippen molar-refractivity contribution >= 4 is 11.9 Å². The third kappa shape index (κ3) is 2.24. The van der Waals surface area contributed by atoms with E-state index in [1.165, 1.54) is 22.9 Å². The van der Waals surface area contributed by atoms with Crippen molar-refractivity contribution in [3.8, 4) is 0 Å². The second-order valence-electron chi connectivity index (χ2n) is 3.70. The number of aromatic nitrogens is 1. The molecule has 0 aliphatic carbocycles. The fourth-order valence-corrected chi connectivity index (χ4v) is 1.61. The Hall–Kier alpha value is -2.56. The summed E-state index contributed by atoms with van der Waals surface area (Å²) >= 11 is 0. The Kier molecular flexibility index (Phi) is 3.14. The van der Waals surface area contributed by atoms with Crippen LogP contribution in [0.2, 0.25) is 0 Å². The van der Waals surface area contributed by atoms with Crippen LogP contribution < -0.4 is 4.84 Å². The summed E-state index contributed by atoms with van der Waals surface area (Å²) in [6.07, 6.45) is 3.16. The second-order valence-corrected chi connectivity index (χ2v) is 3.70. The van der Waals surface area contributed by atoms with Crippen LogP contribution in [-0.2, 0) is 0 Å². The van der Waals surface area contributed by atoms with Gasteiger partial charge in [0, 0.05) is 12.4 Å². The fourth-order valence-electron chi connectivity index (χ4n) is 1.61. The number of hydrogen-bond acceptors (Lipinski definition) is 3. The molecule has 0 aliphatic heterocycles. The maximum atomic E-state index is 11.9. The maximum Gasteiger partial charge on any atom is 0.363 e. The van der Waals surface area contributed by atoms with Crippen molar-refractivity contribution in [3.63, 3.8) is 0 Å². The van der Waals surface area contributed by atoms with Crippen molar-refractivity contribution in [3.05, 3.63) is 59.4 Å². The molecule has 1 N–H and O–H groups in total. The SMILES string of the molecule is Cc1c(C(=O)O)cccc1C(=O)On1cccc1. The Morgan fingerprint density at radius 1 is 1.11 bits per heavy atom. The predicted octanol–water partition coefficient (Wildman–Crippen LogP) is 1.76. The number of nitrogens with zero attached hydrogens (tertiary/aromatic N) is 1. The van der Waals surface area contributed by atoms with Gasteiger partial charge in [0.25, 0.3) is 0 Å². The number of aromatic carboxylic acids is 1. The smallest absolute Gasteiger partial charge is 0.363 e. The van der Waals surface area contributed by atoms with E-state index in [1.54, 1.807) is 31.5 Å². The first-order valence-corrected chi connectivity index (χ1v) is 5.28. The highest BCUT2D eigenvalue weighted by Crippen LogP contribution is 2.14. The number of carbonyl (C=O) groups is 2. The molecule has 0 saturated carbocycles. The van der Waals surface area contributed by atoms with E-state index in [1.807, 2.05) is 0 Å². The summed E-state index contributed by atoms with van der Waals surface area (Å²) in [5.74, 6) is -1.66. The third-order valence-electron chi connectivity index (χ3n) is 2.55. The van der Waals surface area contributed by atoms with Gasteiger partial charge in [0.1, 0.15) is 0 Å². The van der Waals surface area contributed by atoms with Gasteiger partial charge in [0.05, 0.1) is 11.1 Å². The van der Waals surface area contributed by atoms with Crippen LogP contribution in [0.4, 0.5) is 0 Å². The fraction of sp³-hybridized carbons (Fsp3) is 0.0769. The molecular formula is C13H11NO4. The maximum absolute atomic E-state index is 11.9. The standard InChI is InChI=1S/C13H11NO4/c1-9-10(12(15)16)5-4-6-11(9)13(17)18-14-7-2-3-8-14/h2-8H,1H3,(H,15,16). The van der Waals surface area contributed by atoms with Gasteiger partial charge in [-0.3, -0.25) is 0 Å². The van der Waals surface area contributed by atoms with Crippen molar-refractivity contribution in [2.45, 2.75) is 6.92 Å². The van der Waals surface area contributed by atoms with Gasteiger partial charge in [-0.1, -0.05) is 6.07 Å². The van der Waals surface area contributed by atoms with E-state index in [9.17, 15) is 9.59 Å². The van der Waals surface area contributed by atoms with Crippen molar-refractivity contribution in [1.29, 1.82) is 0 Å². The summed E-state index contributed by atoms with van der Waals surface area (Å²) < 4.78 is 1.26. The van der Waals surface area contributed by atoms with Gasteiger partial charge in [-0.2, -0.15) is 4.73 Å². The monoisotopic (exact) mass is 245 g/mol. The van der Waals surface area contributed by atoms with Crippen LogP contribution in [-0.4, -0.2) is 21.8 Å². The van der Waals surface area contributed by atoms with Gasteiger partial charge in [-0.05, 0) is 36.8 Å². The van der Waals surface area contributed by atoms with Crippen molar-refractivity contribution in [2.75, 3.05) is 0 Å². The molecule has 92 valence electrons. The topological polar surface area (TPSA) is 68.5 Å². The van der Waals surface area contributed by atoms with E-state index in [2.05, 4.69) is 0 Å². The molecule has 0 atom stereocenters. The van der Waals surface area contributed by atoms with Gasteiger partial charge in [-0.25, -0.2) is 9.59 Å². The quantitative estimate of drug-likeness (QED) is 0.894. The Labute approximate surface area is 103 Å². The molecule has 0 amide bonds. The first kappa shape index (κ1) is 11.9. The zero-order valence-corrected chi connectivity index (χ0v) is 9.66. The van der Waals surface area contributed by atoms with Gasteiger partial charge in [0.2, 0.25) is 0 Å². The van der Waals surface area contributed by atoms with Crippen molar-refractivity contribution < 1.29 is 19.5 Å². The number of carboxylic acids is 1. The number of benzene rings is 1. The van der Waals surface area contributed by atoms with Gasteiger partial charge in [0.15, 0.2) is 0 Å². The van der Waals surface area contributed by atoms with Crippen LogP contribution in [0.3, 0.4) is 0 Å². The summed E-state index contributed by atoms with van der Waals surface area (Å²) in [5.41, 5.74) is 0.725. The minimum Gasteiger partial charge on any atom is -0.478 e. The van der Waals surface area contributed by atoms with E-state index in [0.717, 1.165) is 0 Å². The third-order valence-corrected chi connectivity index (χ3v) is 2.55. The van der Waals surface area contributed by atoms with Gasteiger partial charge >= 0.3 is 11.9 Å². The number of carbonyl (C=O) groups excluding carboxylic acids is 1. The highest BCUT2D eigenvalue weighted by atomic mass is 16.7. The molecular weight excluding hydrogens is 234 g/mol. The summed E-state index contributed by atoms with van der Waals surface area (Å²) in [7, 11) is 0. The molecule has 0 fully saturated rings. The molecule has 0 bridgehead atoms. The normalized spacial score (nSPS) is 10.1. The lowest BCUT2D eigenvalue weighted by molar-refractivity contribution is 0.0462. The second kappa shape index (κ2) is 4.75. The van der Waals surface area contributed by atoms with Gasteiger partial charge in [-0.15, -0.1) is 0 Å². The average molecular weight is 245 g/mol. The molecule has 1 heterocycles. The Morgan fingerprint density at radius 3 is 2.33 bits per heavy atom. The van der Waals surface area contributed by atoms with Gasteiger partial charge < -0.3 is 9.94 Å². The minimum atomic E-state index is -1.07. The Balaban J connectivity index is 2.31. The number of rotatable bonds is 3. The molecule has 5 heteroatoms. The molecule has 1 aromatic carbocycles. The van der Waals surface area contributed by atoms with E-state index < -0.39 is 11.9 Å². The molecule has 0 radical (unpaired) electrons. The average Bonchev–Trinajstić information content (AvgIpc) is 2.81. The van der Waals surface area contributed by atoms with E-state index in [4.69, 9.17) is 9.94 Å². The zero-order valence-electron chi connectivity index (χ0n) is 9.66. The van der Waals surface area contributed by atoms with E-state index in [-0.39, 0.29) is 11.1 Å².